The number of carbonyl (C=O) groups excluding carboxylic acids is 1. The van der Waals surface area contributed by atoms with Gasteiger partial charge >= 0.3 is 0 Å². The van der Waals surface area contributed by atoms with Crippen LogP contribution in [-0.4, -0.2) is 27.3 Å². The first-order chi connectivity index (χ1) is 11.8. The molecule has 130 valence electrons. The highest BCUT2D eigenvalue weighted by Gasteiger charge is 2.30. The maximum absolute atomic E-state index is 13.0. The van der Waals surface area contributed by atoms with Crippen LogP contribution in [0.2, 0.25) is 10.0 Å². The Balaban J connectivity index is 1.97. The van der Waals surface area contributed by atoms with Crippen LogP contribution >= 0.6 is 23.2 Å². The summed E-state index contributed by atoms with van der Waals surface area (Å²) in [5, 5.41) is 11.9. The zero-order valence-corrected chi connectivity index (χ0v) is 15.1. The van der Waals surface area contributed by atoms with E-state index in [9.17, 15) is 14.9 Å². The summed E-state index contributed by atoms with van der Waals surface area (Å²) in [6, 6.07) is 4.67. The molecule has 1 aliphatic heterocycles. The first kappa shape index (κ1) is 17.6. The zero-order valence-electron chi connectivity index (χ0n) is 13.6. The molecule has 1 aromatic carbocycles. The van der Waals surface area contributed by atoms with Crippen LogP contribution in [0.5, 0.6) is 0 Å². The summed E-state index contributed by atoms with van der Waals surface area (Å²) in [7, 11) is 0. The first-order valence-electron chi connectivity index (χ1n) is 7.69. The van der Waals surface area contributed by atoms with Gasteiger partial charge in [-0.05, 0) is 43.5 Å². The Labute approximate surface area is 154 Å². The molecule has 0 fully saturated rings. The molecule has 0 radical (unpaired) electrons. The standard InChI is InChI=1S/C17H15Cl2N3O3/c1-9-13(6-12(8-20-9)22(24)25)17(23)21-4-3-11-5-15(18)16(19)7-14(11)10(21)2/h5-8,10H,3-4H2,1-2H3. The Morgan fingerprint density at radius 1 is 1.32 bits per heavy atom. The molecular weight excluding hydrogens is 365 g/mol. The van der Waals surface area contributed by atoms with E-state index in [1.54, 1.807) is 17.9 Å². The molecule has 25 heavy (non-hydrogen) atoms. The fraction of sp³-hybridized carbons (Fsp3) is 0.294. The van der Waals surface area contributed by atoms with Gasteiger partial charge < -0.3 is 4.90 Å². The average molecular weight is 380 g/mol. The molecule has 2 heterocycles. The van der Waals surface area contributed by atoms with Gasteiger partial charge in [-0.3, -0.25) is 19.9 Å². The van der Waals surface area contributed by atoms with Gasteiger partial charge in [-0.25, -0.2) is 0 Å². The second-order valence-corrected chi connectivity index (χ2v) is 6.79. The maximum atomic E-state index is 13.0. The fourth-order valence-corrected chi connectivity index (χ4v) is 3.44. The maximum Gasteiger partial charge on any atom is 0.288 e. The highest BCUT2D eigenvalue weighted by molar-refractivity contribution is 6.42. The molecular formula is C17H15Cl2N3O3. The minimum Gasteiger partial charge on any atom is -0.331 e. The molecule has 0 aliphatic carbocycles. The summed E-state index contributed by atoms with van der Waals surface area (Å²) in [6.07, 6.45) is 1.80. The molecule has 8 heteroatoms. The summed E-state index contributed by atoms with van der Waals surface area (Å²) in [5.74, 6) is -0.280. The number of nitrogens with zero attached hydrogens (tertiary/aromatic N) is 3. The number of aryl methyl sites for hydroxylation is 1. The number of nitro groups is 1. The van der Waals surface area contributed by atoms with Crippen molar-refractivity contribution in [3.05, 3.63) is 66.9 Å². The highest BCUT2D eigenvalue weighted by atomic mass is 35.5. The van der Waals surface area contributed by atoms with Crippen LogP contribution in [0.3, 0.4) is 0 Å². The van der Waals surface area contributed by atoms with E-state index in [0.717, 1.165) is 17.3 Å². The number of benzene rings is 1. The largest absolute Gasteiger partial charge is 0.331 e. The third kappa shape index (κ3) is 3.19. The number of aromatic nitrogens is 1. The summed E-state index contributed by atoms with van der Waals surface area (Å²) in [6.45, 7) is 4.06. The van der Waals surface area contributed by atoms with Gasteiger partial charge in [-0.15, -0.1) is 0 Å². The molecule has 6 nitrogen and oxygen atoms in total. The van der Waals surface area contributed by atoms with Gasteiger partial charge in [0.25, 0.3) is 11.6 Å². The summed E-state index contributed by atoms with van der Waals surface area (Å²) in [5.41, 5.74) is 2.49. The SMILES string of the molecule is Cc1ncc([N+](=O)[O-])cc1C(=O)N1CCc2cc(Cl)c(Cl)cc2C1C. The van der Waals surface area contributed by atoms with E-state index in [1.807, 2.05) is 13.0 Å². The molecule has 1 aromatic heterocycles. The lowest BCUT2D eigenvalue weighted by molar-refractivity contribution is -0.385. The van der Waals surface area contributed by atoms with E-state index < -0.39 is 4.92 Å². The molecule has 2 aromatic rings. The van der Waals surface area contributed by atoms with Crippen LogP contribution in [-0.2, 0) is 6.42 Å². The van der Waals surface area contributed by atoms with Crippen LogP contribution in [0.25, 0.3) is 0 Å². The quantitative estimate of drug-likeness (QED) is 0.573. The first-order valence-corrected chi connectivity index (χ1v) is 8.45. The van der Waals surface area contributed by atoms with Crippen LogP contribution in [0.4, 0.5) is 5.69 Å². The molecule has 0 N–H and O–H groups in total. The van der Waals surface area contributed by atoms with E-state index in [-0.39, 0.29) is 23.2 Å². The predicted octanol–water partition coefficient (Wildman–Crippen LogP) is 4.36. The summed E-state index contributed by atoms with van der Waals surface area (Å²) < 4.78 is 0. The van der Waals surface area contributed by atoms with Crippen molar-refractivity contribution in [2.45, 2.75) is 26.3 Å². The van der Waals surface area contributed by atoms with Gasteiger partial charge in [0.2, 0.25) is 0 Å². The number of fused-ring (bicyclic) bond motifs is 1. The third-order valence-corrected chi connectivity index (χ3v) is 5.22. The van der Waals surface area contributed by atoms with Gasteiger partial charge in [-0.1, -0.05) is 23.2 Å². The fourth-order valence-electron chi connectivity index (χ4n) is 3.08. The lowest BCUT2D eigenvalue weighted by atomic mass is 9.93. The molecule has 0 saturated heterocycles. The Bertz CT molecular complexity index is 886. The highest BCUT2D eigenvalue weighted by Crippen LogP contribution is 2.36. The molecule has 1 unspecified atom stereocenters. The van der Waals surface area contributed by atoms with Crippen molar-refractivity contribution in [3.63, 3.8) is 0 Å². The van der Waals surface area contributed by atoms with Crippen LogP contribution in [0.15, 0.2) is 24.4 Å². The smallest absolute Gasteiger partial charge is 0.288 e. The molecule has 1 amide bonds. The predicted molar refractivity (Wildman–Crippen MR) is 95.2 cm³/mol. The summed E-state index contributed by atoms with van der Waals surface area (Å²) in [4.78, 5) is 29.1. The van der Waals surface area contributed by atoms with E-state index in [4.69, 9.17) is 23.2 Å². The van der Waals surface area contributed by atoms with Crippen LogP contribution < -0.4 is 0 Å². The lowest BCUT2D eigenvalue weighted by Gasteiger charge is -2.35. The minimum absolute atomic E-state index is 0.200. The number of halogens is 2. The average Bonchev–Trinajstić information content (AvgIpc) is 2.56. The van der Waals surface area contributed by atoms with Crippen LogP contribution in [0, 0.1) is 17.0 Å². The Morgan fingerprint density at radius 3 is 2.68 bits per heavy atom. The van der Waals surface area contributed by atoms with Crippen molar-refractivity contribution >= 4 is 34.8 Å². The van der Waals surface area contributed by atoms with Crippen molar-refractivity contribution in [2.75, 3.05) is 6.54 Å². The van der Waals surface area contributed by atoms with E-state index >= 15 is 0 Å². The Morgan fingerprint density at radius 2 is 2.00 bits per heavy atom. The number of rotatable bonds is 2. The van der Waals surface area contributed by atoms with Gasteiger partial charge in [0.05, 0.1) is 32.3 Å². The second kappa shape index (κ2) is 6.61. The minimum atomic E-state index is -0.556. The molecule has 1 atom stereocenters. The van der Waals surface area contributed by atoms with Crippen molar-refractivity contribution in [1.29, 1.82) is 0 Å². The van der Waals surface area contributed by atoms with Crippen molar-refractivity contribution in [2.24, 2.45) is 0 Å². The van der Waals surface area contributed by atoms with Gasteiger partial charge in [0.15, 0.2) is 0 Å². The van der Waals surface area contributed by atoms with Gasteiger partial charge in [0, 0.05) is 12.6 Å². The third-order valence-electron chi connectivity index (χ3n) is 4.50. The van der Waals surface area contributed by atoms with E-state index in [0.29, 0.717) is 28.7 Å². The number of amides is 1. The second-order valence-electron chi connectivity index (χ2n) is 5.97. The van der Waals surface area contributed by atoms with Crippen molar-refractivity contribution in [3.8, 4) is 0 Å². The van der Waals surface area contributed by atoms with Crippen molar-refractivity contribution < 1.29 is 9.72 Å². The lowest BCUT2D eigenvalue weighted by Crippen LogP contribution is -2.39. The molecule has 3 rings (SSSR count). The van der Waals surface area contributed by atoms with E-state index in [1.165, 1.54) is 6.07 Å². The monoisotopic (exact) mass is 379 g/mol. The molecule has 0 bridgehead atoms. The van der Waals surface area contributed by atoms with E-state index in [2.05, 4.69) is 4.98 Å². The number of pyridine rings is 1. The normalized spacial score (nSPS) is 16.5. The Kier molecular flexibility index (Phi) is 4.67. The summed E-state index contributed by atoms with van der Waals surface area (Å²) >= 11 is 12.2. The molecule has 0 saturated carbocycles. The topological polar surface area (TPSA) is 76.3 Å². The Hall–Kier alpha value is -2.18. The number of carbonyl (C=O) groups is 1. The number of hydrogen-bond acceptors (Lipinski definition) is 4. The van der Waals surface area contributed by atoms with Gasteiger partial charge in [0.1, 0.15) is 6.20 Å². The zero-order chi connectivity index (χ0) is 18.3. The number of hydrogen-bond donors (Lipinski definition) is 0. The molecule has 0 spiro atoms. The van der Waals surface area contributed by atoms with Gasteiger partial charge in [-0.2, -0.15) is 0 Å². The van der Waals surface area contributed by atoms with Crippen LogP contribution in [0.1, 0.15) is 40.1 Å². The van der Waals surface area contributed by atoms with Crippen molar-refractivity contribution in [1.82, 2.24) is 9.88 Å². The molecule has 1 aliphatic rings.